The minimum atomic E-state index is -0.530. The molecule has 25 heavy (non-hydrogen) atoms. The fourth-order valence-corrected chi connectivity index (χ4v) is 2.53. The van der Waals surface area contributed by atoms with Gasteiger partial charge in [-0.15, -0.1) is 0 Å². The van der Waals surface area contributed by atoms with Crippen LogP contribution in [0.3, 0.4) is 0 Å². The summed E-state index contributed by atoms with van der Waals surface area (Å²) in [5.74, 6) is -0.631. The van der Waals surface area contributed by atoms with Gasteiger partial charge in [0.25, 0.3) is 5.91 Å². The normalized spacial score (nSPS) is 16.4. The Kier molecular flexibility index (Phi) is 5.16. The largest absolute Gasteiger partial charge is 0.471 e. The summed E-state index contributed by atoms with van der Waals surface area (Å²) in [6.07, 6.45) is 2.10. The maximum absolute atomic E-state index is 12.3. The van der Waals surface area contributed by atoms with Gasteiger partial charge >= 0.3 is 0 Å². The Morgan fingerprint density at radius 1 is 1.28 bits per heavy atom. The minimum Gasteiger partial charge on any atom is -0.471 e. The number of rotatable bonds is 5. The lowest BCUT2D eigenvalue weighted by molar-refractivity contribution is 0.0998. The monoisotopic (exact) mass is 361 g/mol. The molecule has 2 aromatic rings. The van der Waals surface area contributed by atoms with Crippen molar-refractivity contribution in [3.8, 4) is 5.88 Å². The van der Waals surface area contributed by atoms with Crippen molar-refractivity contribution in [3.63, 3.8) is 0 Å². The summed E-state index contributed by atoms with van der Waals surface area (Å²) in [6.45, 7) is 1.15. The van der Waals surface area contributed by atoms with Gasteiger partial charge in [0.15, 0.2) is 0 Å². The zero-order valence-corrected chi connectivity index (χ0v) is 14.0. The van der Waals surface area contributed by atoms with Crippen molar-refractivity contribution in [3.05, 3.63) is 52.7 Å². The van der Waals surface area contributed by atoms with Gasteiger partial charge in [-0.05, 0) is 30.3 Å². The van der Waals surface area contributed by atoms with E-state index in [-0.39, 0.29) is 22.9 Å². The third kappa shape index (κ3) is 4.26. The third-order valence-corrected chi connectivity index (χ3v) is 3.93. The van der Waals surface area contributed by atoms with Crippen LogP contribution < -0.4 is 15.8 Å². The lowest BCUT2D eigenvalue weighted by Gasteiger charge is -2.12. The van der Waals surface area contributed by atoms with E-state index in [9.17, 15) is 9.59 Å². The summed E-state index contributed by atoms with van der Waals surface area (Å²) in [5, 5.41) is 2.95. The van der Waals surface area contributed by atoms with Crippen LogP contribution in [-0.2, 0) is 4.74 Å². The van der Waals surface area contributed by atoms with E-state index in [1.165, 1.54) is 24.4 Å². The SMILES string of the molecule is NC(=O)c1ccc(NC(=O)c2cnc(OC3CCOC3)c(Cl)c2)cc1. The van der Waals surface area contributed by atoms with E-state index in [0.717, 1.165) is 6.42 Å². The van der Waals surface area contributed by atoms with E-state index in [2.05, 4.69) is 10.3 Å². The number of aromatic nitrogens is 1. The molecule has 1 unspecified atom stereocenters. The Morgan fingerprint density at radius 2 is 2.04 bits per heavy atom. The van der Waals surface area contributed by atoms with Gasteiger partial charge in [-0.25, -0.2) is 4.98 Å². The zero-order valence-electron chi connectivity index (χ0n) is 13.2. The number of nitrogens with zero attached hydrogens (tertiary/aromatic N) is 1. The molecule has 0 aliphatic carbocycles. The van der Waals surface area contributed by atoms with Crippen LogP contribution in [0.15, 0.2) is 36.5 Å². The van der Waals surface area contributed by atoms with Crippen molar-refractivity contribution >= 4 is 29.1 Å². The second kappa shape index (κ2) is 7.50. The van der Waals surface area contributed by atoms with Crippen LogP contribution in [-0.4, -0.2) is 36.1 Å². The smallest absolute Gasteiger partial charge is 0.257 e. The first-order valence-electron chi connectivity index (χ1n) is 7.64. The first-order chi connectivity index (χ1) is 12.0. The molecule has 3 N–H and O–H groups in total. The fourth-order valence-electron chi connectivity index (χ4n) is 2.32. The van der Waals surface area contributed by atoms with Gasteiger partial charge in [0.1, 0.15) is 11.1 Å². The number of carbonyl (C=O) groups is 2. The van der Waals surface area contributed by atoms with Crippen LogP contribution in [0.2, 0.25) is 5.02 Å². The lowest BCUT2D eigenvalue weighted by atomic mass is 10.2. The summed E-state index contributed by atoms with van der Waals surface area (Å²) < 4.78 is 10.9. The van der Waals surface area contributed by atoms with E-state index in [4.69, 9.17) is 26.8 Å². The molecule has 1 aliphatic rings. The first-order valence-corrected chi connectivity index (χ1v) is 8.02. The van der Waals surface area contributed by atoms with Crippen molar-refractivity contribution in [2.75, 3.05) is 18.5 Å². The van der Waals surface area contributed by atoms with Crippen LogP contribution in [0, 0.1) is 0 Å². The highest BCUT2D eigenvalue weighted by Crippen LogP contribution is 2.25. The molecule has 2 heterocycles. The number of nitrogens with one attached hydrogen (secondary N) is 1. The van der Waals surface area contributed by atoms with Gasteiger partial charge in [0.2, 0.25) is 11.8 Å². The molecule has 1 atom stereocenters. The standard InChI is InChI=1S/C17H16ClN3O4/c18-14-7-11(8-20-17(14)25-13-5-6-24-9-13)16(23)21-12-3-1-10(2-4-12)15(19)22/h1-4,7-8,13H,5-6,9H2,(H2,19,22)(H,21,23). The van der Waals surface area contributed by atoms with Gasteiger partial charge in [-0.1, -0.05) is 11.6 Å². The molecule has 3 rings (SSSR count). The number of ether oxygens (including phenoxy) is 2. The van der Waals surface area contributed by atoms with Crippen LogP contribution in [0.1, 0.15) is 27.1 Å². The molecule has 1 aromatic heterocycles. The molecule has 7 nitrogen and oxygen atoms in total. The topological polar surface area (TPSA) is 104 Å². The summed E-state index contributed by atoms with van der Waals surface area (Å²) in [5.41, 5.74) is 6.35. The maximum Gasteiger partial charge on any atom is 0.257 e. The number of hydrogen-bond donors (Lipinski definition) is 2. The van der Waals surface area contributed by atoms with Crippen LogP contribution in [0.5, 0.6) is 5.88 Å². The molecule has 8 heteroatoms. The van der Waals surface area contributed by atoms with E-state index in [0.29, 0.717) is 30.0 Å². The highest BCUT2D eigenvalue weighted by atomic mass is 35.5. The molecular weight excluding hydrogens is 346 g/mol. The molecule has 2 amide bonds. The number of halogens is 1. The Hall–Kier alpha value is -2.64. The number of anilines is 1. The number of carbonyl (C=O) groups excluding carboxylic acids is 2. The van der Waals surface area contributed by atoms with E-state index in [1.807, 2.05) is 0 Å². The zero-order chi connectivity index (χ0) is 17.8. The van der Waals surface area contributed by atoms with E-state index in [1.54, 1.807) is 12.1 Å². The number of nitrogens with two attached hydrogens (primary N) is 1. The molecule has 1 aromatic carbocycles. The average Bonchev–Trinajstić information content (AvgIpc) is 3.10. The minimum absolute atomic E-state index is 0.0755. The Morgan fingerprint density at radius 3 is 2.64 bits per heavy atom. The Labute approximate surface area is 149 Å². The summed E-state index contributed by atoms with van der Waals surface area (Å²) in [6, 6.07) is 7.73. The number of primary amides is 1. The Balaban J connectivity index is 1.67. The van der Waals surface area contributed by atoms with Gasteiger partial charge in [-0.3, -0.25) is 9.59 Å². The van der Waals surface area contributed by atoms with Crippen molar-refractivity contribution in [2.45, 2.75) is 12.5 Å². The Bertz CT molecular complexity index is 789. The highest BCUT2D eigenvalue weighted by molar-refractivity contribution is 6.32. The highest BCUT2D eigenvalue weighted by Gasteiger charge is 2.20. The van der Waals surface area contributed by atoms with Crippen LogP contribution in [0.25, 0.3) is 0 Å². The van der Waals surface area contributed by atoms with Gasteiger partial charge in [-0.2, -0.15) is 0 Å². The van der Waals surface area contributed by atoms with Gasteiger partial charge < -0.3 is 20.5 Å². The van der Waals surface area contributed by atoms with Crippen LogP contribution in [0.4, 0.5) is 5.69 Å². The molecule has 0 saturated carbocycles. The number of amides is 2. The molecule has 1 fully saturated rings. The van der Waals surface area contributed by atoms with E-state index >= 15 is 0 Å². The quantitative estimate of drug-likeness (QED) is 0.850. The number of pyridine rings is 1. The number of hydrogen-bond acceptors (Lipinski definition) is 5. The molecule has 0 bridgehead atoms. The summed E-state index contributed by atoms with van der Waals surface area (Å²) in [7, 11) is 0. The second-order valence-electron chi connectivity index (χ2n) is 5.51. The predicted octanol–water partition coefficient (Wildman–Crippen LogP) is 2.25. The van der Waals surface area contributed by atoms with Gasteiger partial charge in [0, 0.05) is 23.9 Å². The summed E-state index contributed by atoms with van der Waals surface area (Å²) in [4.78, 5) is 27.4. The number of benzene rings is 1. The van der Waals surface area contributed by atoms with Crippen molar-refractivity contribution in [2.24, 2.45) is 5.73 Å². The maximum atomic E-state index is 12.3. The first kappa shape index (κ1) is 17.2. The molecule has 0 radical (unpaired) electrons. The molecular formula is C17H16ClN3O4. The molecule has 0 spiro atoms. The molecule has 1 saturated heterocycles. The third-order valence-electron chi connectivity index (χ3n) is 3.66. The second-order valence-corrected chi connectivity index (χ2v) is 5.92. The van der Waals surface area contributed by atoms with E-state index < -0.39 is 5.91 Å². The van der Waals surface area contributed by atoms with Crippen molar-refractivity contribution in [1.82, 2.24) is 4.98 Å². The summed E-state index contributed by atoms with van der Waals surface area (Å²) >= 11 is 6.15. The van der Waals surface area contributed by atoms with Crippen molar-refractivity contribution in [1.29, 1.82) is 0 Å². The predicted molar refractivity (Wildman–Crippen MR) is 92.0 cm³/mol. The van der Waals surface area contributed by atoms with Crippen molar-refractivity contribution < 1.29 is 19.1 Å². The lowest BCUT2D eigenvalue weighted by Crippen LogP contribution is -2.17. The van der Waals surface area contributed by atoms with Crippen LogP contribution >= 0.6 is 11.6 Å². The fraction of sp³-hybridized carbons (Fsp3) is 0.235. The average molecular weight is 362 g/mol. The molecule has 1 aliphatic heterocycles. The molecule has 130 valence electrons. The van der Waals surface area contributed by atoms with Gasteiger partial charge in [0.05, 0.1) is 18.8 Å².